The Kier molecular flexibility index (Phi) is 11.1. The highest BCUT2D eigenvalue weighted by atomic mass is 127. The maximum Gasteiger partial charge on any atom is 0.250 e. The predicted molar refractivity (Wildman–Crippen MR) is 137 cm³/mol. The highest BCUT2D eigenvalue weighted by Gasteiger charge is 2.24. The molecule has 1 unspecified atom stereocenters. The van der Waals surface area contributed by atoms with Crippen LogP contribution in [0.2, 0.25) is 0 Å². The molecular formula is C24H35IN4O2. The SMILES string of the molecule is CN=C(NCCCCn1c(C)cccc1=O)N1CCC(COCc2ccccc2)C1.I. The summed E-state index contributed by atoms with van der Waals surface area (Å²) in [4.78, 5) is 18.7. The molecule has 0 saturated carbocycles. The van der Waals surface area contributed by atoms with Gasteiger partial charge in [0.05, 0.1) is 13.2 Å². The molecule has 1 aromatic heterocycles. The van der Waals surface area contributed by atoms with Crippen LogP contribution in [-0.2, 0) is 17.9 Å². The summed E-state index contributed by atoms with van der Waals surface area (Å²) in [6.07, 6.45) is 3.09. The largest absolute Gasteiger partial charge is 0.376 e. The molecule has 6 nitrogen and oxygen atoms in total. The molecule has 1 aliphatic rings. The number of aryl methyl sites for hydroxylation is 1. The van der Waals surface area contributed by atoms with Crippen molar-refractivity contribution in [3.05, 3.63) is 70.1 Å². The topological polar surface area (TPSA) is 58.9 Å². The van der Waals surface area contributed by atoms with Crippen molar-refractivity contribution in [1.29, 1.82) is 0 Å². The van der Waals surface area contributed by atoms with Gasteiger partial charge in [0, 0.05) is 50.9 Å². The summed E-state index contributed by atoms with van der Waals surface area (Å²) >= 11 is 0. The maximum absolute atomic E-state index is 11.9. The van der Waals surface area contributed by atoms with Gasteiger partial charge in [-0.2, -0.15) is 0 Å². The Morgan fingerprint density at radius 1 is 1.16 bits per heavy atom. The van der Waals surface area contributed by atoms with E-state index in [9.17, 15) is 4.79 Å². The summed E-state index contributed by atoms with van der Waals surface area (Å²) < 4.78 is 7.77. The fraction of sp³-hybridized carbons (Fsp3) is 0.500. The fourth-order valence-electron chi connectivity index (χ4n) is 3.92. The Morgan fingerprint density at radius 3 is 2.71 bits per heavy atom. The number of nitrogens with one attached hydrogen (secondary N) is 1. The second-order valence-corrected chi connectivity index (χ2v) is 7.94. The molecule has 170 valence electrons. The molecule has 7 heteroatoms. The van der Waals surface area contributed by atoms with Gasteiger partial charge in [0.1, 0.15) is 0 Å². The van der Waals surface area contributed by atoms with E-state index in [2.05, 4.69) is 27.3 Å². The van der Waals surface area contributed by atoms with Crippen molar-refractivity contribution < 1.29 is 4.74 Å². The number of guanidine groups is 1. The third-order valence-electron chi connectivity index (χ3n) is 5.62. The van der Waals surface area contributed by atoms with Gasteiger partial charge in [-0.3, -0.25) is 9.79 Å². The van der Waals surface area contributed by atoms with Gasteiger partial charge < -0.3 is 19.5 Å². The second kappa shape index (κ2) is 13.5. The third kappa shape index (κ3) is 7.96. The quantitative estimate of drug-likeness (QED) is 0.229. The molecule has 3 rings (SSSR count). The molecule has 0 bridgehead atoms. The Bertz CT molecular complexity index is 869. The zero-order valence-electron chi connectivity index (χ0n) is 18.6. The number of likely N-dealkylation sites (tertiary alicyclic amines) is 1. The highest BCUT2D eigenvalue weighted by molar-refractivity contribution is 14.0. The van der Waals surface area contributed by atoms with E-state index in [1.165, 1.54) is 5.56 Å². The average molecular weight is 538 g/mol. The Hall–Kier alpha value is -1.87. The fourth-order valence-corrected chi connectivity index (χ4v) is 3.92. The van der Waals surface area contributed by atoms with Crippen molar-refractivity contribution in [1.82, 2.24) is 14.8 Å². The normalized spacial score (nSPS) is 16.3. The number of ether oxygens (including phenoxy) is 1. The van der Waals surface area contributed by atoms with Gasteiger partial charge in [0.2, 0.25) is 0 Å². The van der Waals surface area contributed by atoms with E-state index in [0.29, 0.717) is 12.5 Å². The van der Waals surface area contributed by atoms with Crippen LogP contribution in [0.3, 0.4) is 0 Å². The number of benzene rings is 1. The first kappa shape index (κ1) is 25.4. The van der Waals surface area contributed by atoms with Crippen molar-refractivity contribution in [2.45, 2.75) is 39.3 Å². The van der Waals surface area contributed by atoms with Crippen LogP contribution in [0.1, 0.15) is 30.5 Å². The van der Waals surface area contributed by atoms with Crippen LogP contribution in [0.25, 0.3) is 0 Å². The first-order chi connectivity index (χ1) is 14.7. The summed E-state index contributed by atoms with van der Waals surface area (Å²) in [6, 6.07) is 15.7. The number of aliphatic imine (C=N–C) groups is 1. The van der Waals surface area contributed by atoms with Gasteiger partial charge in [0.15, 0.2) is 5.96 Å². The van der Waals surface area contributed by atoms with Gasteiger partial charge in [-0.1, -0.05) is 36.4 Å². The minimum atomic E-state index is 0. The van der Waals surface area contributed by atoms with E-state index in [0.717, 1.165) is 63.7 Å². The number of unbranched alkanes of at least 4 members (excludes halogenated alkanes) is 1. The van der Waals surface area contributed by atoms with Crippen molar-refractivity contribution in [2.75, 3.05) is 33.3 Å². The number of rotatable bonds is 9. The van der Waals surface area contributed by atoms with Crippen LogP contribution < -0.4 is 10.9 Å². The van der Waals surface area contributed by atoms with Crippen molar-refractivity contribution >= 4 is 29.9 Å². The van der Waals surface area contributed by atoms with Crippen LogP contribution in [0, 0.1) is 12.8 Å². The minimum Gasteiger partial charge on any atom is -0.376 e. The zero-order valence-corrected chi connectivity index (χ0v) is 21.0. The van der Waals surface area contributed by atoms with Gasteiger partial charge in [-0.05, 0) is 37.8 Å². The number of halogens is 1. The molecule has 1 fully saturated rings. The maximum atomic E-state index is 11.9. The van der Waals surface area contributed by atoms with E-state index in [4.69, 9.17) is 4.74 Å². The van der Waals surface area contributed by atoms with Crippen LogP contribution in [0.4, 0.5) is 0 Å². The average Bonchev–Trinajstić information content (AvgIpc) is 3.22. The first-order valence-corrected chi connectivity index (χ1v) is 10.9. The lowest BCUT2D eigenvalue weighted by molar-refractivity contribution is 0.0907. The number of nitrogens with zero attached hydrogens (tertiary/aromatic N) is 3. The molecular weight excluding hydrogens is 503 g/mol. The van der Waals surface area contributed by atoms with Gasteiger partial charge >= 0.3 is 0 Å². The van der Waals surface area contributed by atoms with Crippen LogP contribution in [0.15, 0.2) is 58.3 Å². The van der Waals surface area contributed by atoms with Crippen molar-refractivity contribution in [3.8, 4) is 0 Å². The summed E-state index contributed by atoms with van der Waals surface area (Å²) in [5, 5.41) is 3.48. The number of hydrogen-bond acceptors (Lipinski definition) is 3. The molecule has 2 aromatic rings. The molecule has 1 aromatic carbocycles. The van der Waals surface area contributed by atoms with E-state index >= 15 is 0 Å². The van der Waals surface area contributed by atoms with Crippen LogP contribution >= 0.6 is 24.0 Å². The molecule has 1 aliphatic heterocycles. The number of aromatic nitrogens is 1. The molecule has 0 aliphatic carbocycles. The number of hydrogen-bond donors (Lipinski definition) is 1. The molecule has 0 spiro atoms. The molecule has 1 atom stereocenters. The summed E-state index contributed by atoms with van der Waals surface area (Å²) in [6.45, 7) is 7.05. The molecule has 2 heterocycles. The van der Waals surface area contributed by atoms with Gasteiger partial charge in [0.25, 0.3) is 5.56 Å². The van der Waals surface area contributed by atoms with Crippen molar-refractivity contribution in [2.24, 2.45) is 10.9 Å². The summed E-state index contributed by atoms with van der Waals surface area (Å²) in [5.74, 6) is 1.51. The highest BCUT2D eigenvalue weighted by Crippen LogP contribution is 2.17. The monoisotopic (exact) mass is 538 g/mol. The summed E-state index contributed by atoms with van der Waals surface area (Å²) in [7, 11) is 1.84. The standard InChI is InChI=1S/C24H34N4O2.HI/c1-20-9-8-12-23(29)28(20)15-7-6-14-26-24(25-2)27-16-13-22(17-27)19-30-18-21-10-4-3-5-11-21;/h3-5,8-12,22H,6-7,13-19H2,1-2H3,(H,25,26);1H. The van der Waals surface area contributed by atoms with E-state index < -0.39 is 0 Å². The molecule has 0 radical (unpaired) electrons. The first-order valence-electron chi connectivity index (χ1n) is 10.9. The zero-order chi connectivity index (χ0) is 21.2. The molecule has 0 amide bonds. The lowest BCUT2D eigenvalue weighted by Crippen LogP contribution is -2.40. The number of pyridine rings is 1. The smallest absolute Gasteiger partial charge is 0.250 e. The summed E-state index contributed by atoms with van der Waals surface area (Å²) in [5.41, 5.74) is 2.32. The Balaban J connectivity index is 0.00000341. The molecule has 1 N–H and O–H groups in total. The lowest BCUT2D eigenvalue weighted by atomic mass is 10.1. The molecule has 1 saturated heterocycles. The predicted octanol–water partition coefficient (Wildman–Crippen LogP) is 3.67. The second-order valence-electron chi connectivity index (χ2n) is 7.94. The minimum absolute atomic E-state index is 0. The van der Waals surface area contributed by atoms with Gasteiger partial charge in [-0.15, -0.1) is 24.0 Å². The third-order valence-corrected chi connectivity index (χ3v) is 5.62. The van der Waals surface area contributed by atoms with E-state index in [-0.39, 0.29) is 29.5 Å². The van der Waals surface area contributed by atoms with Crippen LogP contribution in [-0.4, -0.2) is 48.7 Å². The van der Waals surface area contributed by atoms with Crippen LogP contribution in [0.5, 0.6) is 0 Å². The van der Waals surface area contributed by atoms with Gasteiger partial charge in [-0.25, -0.2) is 0 Å². The Morgan fingerprint density at radius 2 is 1.97 bits per heavy atom. The van der Waals surface area contributed by atoms with E-state index in [1.54, 1.807) is 6.07 Å². The Labute approximate surface area is 202 Å². The van der Waals surface area contributed by atoms with E-state index in [1.807, 2.05) is 48.9 Å². The van der Waals surface area contributed by atoms with Crippen molar-refractivity contribution in [3.63, 3.8) is 0 Å². The molecule has 31 heavy (non-hydrogen) atoms. The lowest BCUT2D eigenvalue weighted by Gasteiger charge is -2.22.